The molecule has 1 aromatic heterocycles. The first kappa shape index (κ1) is 13.3. The molecule has 3 N–H and O–H groups in total. The van der Waals surface area contributed by atoms with Gasteiger partial charge in [0.1, 0.15) is 11.5 Å². The van der Waals surface area contributed by atoms with Crippen LogP contribution < -0.4 is 10.6 Å². The molecule has 2 heterocycles. The van der Waals surface area contributed by atoms with Crippen molar-refractivity contribution in [1.29, 1.82) is 5.41 Å². The molecular weight excluding hydrogens is 250 g/mol. The number of hydrogen-bond donors (Lipinski definition) is 2. The zero-order valence-electron chi connectivity index (χ0n) is 12.1. The predicted octanol–water partition coefficient (Wildman–Crippen LogP) is 2.09. The van der Waals surface area contributed by atoms with Crippen LogP contribution in [0.3, 0.4) is 0 Å². The molecule has 0 radical (unpaired) electrons. The van der Waals surface area contributed by atoms with Gasteiger partial charge in [0.2, 0.25) is 5.95 Å². The van der Waals surface area contributed by atoms with Gasteiger partial charge in [-0.3, -0.25) is 5.41 Å². The molecule has 108 valence electrons. The smallest absolute Gasteiger partial charge is 0.226 e. The van der Waals surface area contributed by atoms with Crippen molar-refractivity contribution in [1.82, 2.24) is 9.97 Å². The van der Waals surface area contributed by atoms with E-state index in [9.17, 15) is 0 Å². The molecule has 5 nitrogen and oxygen atoms in total. The molecule has 2 atom stereocenters. The Morgan fingerprint density at radius 3 is 2.75 bits per heavy atom. The summed E-state index contributed by atoms with van der Waals surface area (Å²) in [6.07, 6.45) is 6.74. The van der Waals surface area contributed by atoms with Crippen molar-refractivity contribution in [2.45, 2.75) is 39.0 Å². The number of piperidine rings is 1. The summed E-state index contributed by atoms with van der Waals surface area (Å²) in [7, 11) is 0. The standard InChI is InChI=1S/C15H23N5/c1-10-8-13(14(16)17)19-15(18-10)20-7-6-11-4-2-3-5-12(11)9-20/h8,11-12H,2-7,9H2,1H3,(H3,16,17). The van der Waals surface area contributed by atoms with E-state index in [1.807, 2.05) is 6.92 Å². The fraction of sp³-hybridized carbons (Fsp3) is 0.667. The lowest BCUT2D eigenvalue weighted by atomic mass is 9.75. The Kier molecular flexibility index (Phi) is 3.59. The van der Waals surface area contributed by atoms with E-state index in [1.54, 1.807) is 6.07 Å². The number of rotatable bonds is 2. The maximum absolute atomic E-state index is 7.56. The van der Waals surface area contributed by atoms with Gasteiger partial charge in [-0.05, 0) is 37.7 Å². The van der Waals surface area contributed by atoms with Crippen LogP contribution in [0.4, 0.5) is 5.95 Å². The SMILES string of the molecule is Cc1cc(C(=N)N)nc(N2CCC3CCCCC3C2)n1. The number of amidine groups is 1. The monoisotopic (exact) mass is 273 g/mol. The van der Waals surface area contributed by atoms with Crippen LogP contribution in [0.25, 0.3) is 0 Å². The second kappa shape index (κ2) is 5.38. The zero-order chi connectivity index (χ0) is 14.1. The fourth-order valence-electron chi connectivity index (χ4n) is 3.61. The number of aromatic nitrogens is 2. The zero-order valence-corrected chi connectivity index (χ0v) is 12.1. The van der Waals surface area contributed by atoms with Gasteiger partial charge in [0.05, 0.1) is 0 Å². The van der Waals surface area contributed by atoms with Gasteiger partial charge < -0.3 is 10.6 Å². The summed E-state index contributed by atoms with van der Waals surface area (Å²) in [6.45, 7) is 4.03. The highest BCUT2D eigenvalue weighted by Gasteiger charge is 2.32. The normalized spacial score (nSPS) is 26.1. The van der Waals surface area contributed by atoms with Crippen LogP contribution in [0.2, 0.25) is 0 Å². The number of nitrogen functional groups attached to an aromatic ring is 1. The molecule has 1 aliphatic carbocycles. The summed E-state index contributed by atoms with van der Waals surface area (Å²) in [4.78, 5) is 11.3. The van der Waals surface area contributed by atoms with Gasteiger partial charge in [0, 0.05) is 18.8 Å². The first-order valence-corrected chi connectivity index (χ1v) is 7.58. The number of nitrogens with one attached hydrogen (secondary N) is 1. The van der Waals surface area contributed by atoms with Crippen molar-refractivity contribution in [2.75, 3.05) is 18.0 Å². The second-order valence-corrected chi connectivity index (χ2v) is 6.15. The molecule has 0 spiro atoms. The van der Waals surface area contributed by atoms with E-state index in [0.717, 1.165) is 36.6 Å². The van der Waals surface area contributed by atoms with Gasteiger partial charge in [0.15, 0.2) is 0 Å². The van der Waals surface area contributed by atoms with E-state index in [0.29, 0.717) is 5.69 Å². The summed E-state index contributed by atoms with van der Waals surface area (Å²) < 4.78 is 0. The summed E-state index contributed by atoms with van der Waals surface area (Å²) >= 11 is 0. The Hall–Kier alpha value is -1.65. The highest BCUT2D eigenvalue weighted by atomic mass is 15.3. The number of anilines is 1. The van der Waals surface area contributed by atoms with Gasteiger partial charge >= 0.3 is 0 Å². The van der Waals surface area contributed by atoms with E-state index in [2.05, 4.69) is 14.9 Å². The average molecular weight is 273 g/mol. The number of aryl methyl sites for hydroxylation is 1. The Bertz CT molecular complexity index is 513. The first-order chi connectivity index (χ1) is 9.63. The van der Waals surface area contributed by atoms with Crippen molar-refractivity contribution < 1.29 is 0 Å². The Morgan fingerprint density at radius 1 is 1.25 bits per heavy atom. The van der Waals surface area contributed by atoms with Gasteiger partial charge in [-0.15, -0.1) is 0 Å². The third kappa shape index (κ3) is 2.62. The van der Waals surface area contributed by atoms with E-state index >= 15 is 0 Å². The molecule has 1 saturated heterocycles. The fourth-order valence-corrected chi connectivity index (χ4v) is 3.61. The van der Waals surface area contributed by atoms with E-state index in [4.69, 9.17) is 11.1 Å². The van der Waals surface area contributed by atoms with Crippen LogP contribution in [-0.4, -0.2) is 28.9 Å². The highest BCUT2D eigenvalue weighted by molar-refractivity contribution is 5.93. The molecular formula is C15H23N5. The molecule has 5 heteroatoms. The largest absolute Gasteiger partial charge is 0.382 e. The van der Waals surface area contributed by atoms with Crippen LogP contribution in [0.1, 0.15) is 43.5 Å². The lowest BCUT2D eigenvalue weighted by molar-refractivity contribution is 0.201. The first-order valence-electron chi connectivity index (χ1n) is 7.58. The Balaban J connectivity index is 1.80. The Morgan fingerprint density at radius 2 is 2.00 bits per heavy atom. The third-order valence-corrected chi connectivity index (χ3v) is 4.69. The molecule has 0 amide bonds. The van der Waals surface area contributed by atoms with Crippen LogP contribution in [-0.2, 0) is 0 Å². The maximum atomic E-state index is 7.56. The third-order valence-electron chi connectivity index (χ3n) is 4.69. The second-order valence-electron chi connectivity index (χ2n) is 6.15. The minimum Gasteiger partial charge on any atom is -0.382 e. The molecule has 2 unspecified atom stereocenters. The molecule has 0 bridgehead atoms. The molecule has 1 aliphatic heterocycles. The number of nitrogens with two attached hydrogens (primary N) is 1. The average Bonchev–Trinajstić information content (AvgIpc) is 2.46. The van der Waals surface area contributed by atoms with Crippen LogP contribution >= 0.6 is 0 Å². The lowest BCUT2D eigenvalue weighted by Gasteiger charge is -2.41. The highest BCUT2D eigenvalue weighted by Crippen LogP contribution is 2.36. The van der Waals surface area contributed by atoms with Gasteiger partial charge in [-0.2, -0.15) is 0 Å². The molecule has 1 aromatic rings. The molecule has 3 rings (SSSR count). The van der Waals surface area contributed by atoms with Crippen molar-refractivity contribution in [3.63, 3.8) is 0 Å². The topological polar surface area (TPSA) is 78.9 Å². The summed E-state index contributed by atoms with van der Waals surface area (Å²) in [5.41, 5.74) is 6.98. The number of hydrogen-bond acceptors (Lipinski definition) is 4. The van der Waals surface area contributed by atoms with Crippen molar-refractivity contribution in [3.05, 3.63) is 17.5 Å². The minimum atomic E-state index is 0.0179. The molecule has 1 saturated carbocycles. The van der Waals surface area contributed by atoms with Gasteiger partial charge in [0.25, 0.3) is 0 Å². The van der Waals surface area contributed by atoms with E-state index in [-0.39, 0.29) is 5.84 Å². The van der Waals surface area contributed by atoms with Crippen molar-refractivity contribution in [2.24, 2.45) is 17.6 Å². The maximum Gasteiger partial charge on any atom is 0.226 e. The van der Waals surface area contributed by atoms with Crippen LogP contribution in [0, 0.1) is 24.2 Å². The van der Waals surface area contributed by atoms with Crippen molar-refractivity contribution >= 4 is 11.8 Å². The lowest BCUT2D eigenvalue weighted by Crippen LogP contribution is -2.42. The summed E-state index contributed by atoms with van der Waals surface area (Å²) in [6, 6.07) is 1.78. The van der Waals surface area contributed by atoms with E-state index in [1.165, 1.54) is 32.1 Å². The van der Waals surface area contributed by atoms with Crippen molar-refractivity contribution in [3.8, 4) is 0 Å². The van der Waals surface area contributed by atoms with Crippen LogP contribution in [0.5, 0.6) is 0 Å². The minimum absolute atomic E-state index is 0.0179. The molecule has 2 aliphatic rings. The summed E-state index contributed by atoms with van der Waals surface area (Å²) in [5, 5.41) is 7.56. The summed E-state index contributed by atoms with van der Waals surface area (Å²) in [5.74, 6) is 2.46. The van der Waals surface area contributed by atoms with E-state index < -0.39 is 0 Å². The number of nitrogens with zero attached hydrogens (tertiary/aromatic N) is 3. The van der Waals surface area contributed by atoms with Crippen LogP contribution in [0.15, 0.2) is 6.07 Å². The van der Waals surface area contributed by atoms with Gasteiger partial charge in [-0.25, -0.2) is 9.97 Å². The molecule has 20 heavy (non-hydrogen) atoms. The molecule has 0 aromatic carbocycles. The van der Waals surface area contributed by atoms with Gasteiger partial charge in [-0.1, -0.05) is 19.3 Å². The number of fused-ring (bicyclic) bond motifs is 1. The predicted molar refractivity (Wildman–Crippen MR) is 80.1 cm³/mol. The molecule has 2 fully saturated rings. The quantitative estimate of drug-likeness (QED) is 0.639. The Labute approximate surface area is 120 Å².